The number of hydrogen-bond donors (Lipinski definition) is 1. The van der Waals surface area contributed by atoms with E-state index in [0.717, 1.165) is 17.7 Å². The lowest BCUT2D eigenvalue weighted by molar-refractivity contribution is 0.961. The molecular formula is C14H12IN3. The molecule has 0 aliphatic rings. The van der Waals surface area contributed by atoms with Crippen molar-refractivity contribution in [3.8, 4) is 0 Å². The van der Waals surface area contributed by atoms with Crippen LogP contribution in [-0.4, -0.2) is 9.61 Å². The standard InChI is InChI=1S/C14H12IN3/c15-12-4-6-13(7-5-12)16-9-11-10-17-18-8-2-1-3-14(11)18/h1-8,10,16H,9H2. The van der Waals surface area contributed by atoms with Crippen molar-refractivity contribution in [2.45, 2.75) is 6.54 Å². The molecule has 1 aromatic carbocycles. The minimum absolute atomic E-state index is 0.786. The summed E-state index contributed by atoms with van der Waals surface area (Å²) in [6.07, 6.45) is 3.87. The number of pyridine rings is 1. The van der Waals surface area contributed by atoms with E-state index in [4.69, 9.17) is 0 Å². The molecule has 0 spiro atoms. The predicted octanol–water partition coefficient (Wildman–Crippen LogP) is 3.55. The van der Waals surface area contributed by atoms with Gasteiger partial charge >= 0.3 is 0 Å². The molecule has 2 aromatic heterocycles. The molecule has 0 atom stereocenters. The van der Waals surface area contributed by atoms with Crippen LogP contribution in [0.5, 0.6) is 0 Å². The number of nitrogens with one attached hydrogen (secondary N) is 1. The fourth-order valence-electron chi connectivity index (χ4n) is 1.89. The van der Waals surface area contributed by atoms with Crippen LogP contribution in [0.3, 0.4) is 0 Å². The van der Waals surface area contributed by atoms with Gasteiger partial charge in [0.2, 0.25) is 0 Å². The van der Waals surface area contributed by atoms with Gasteiger partial charge in [0.15, 0.2) is 0 Å². The predicted molar refractivity (Wildman–Crippen MR) is 81.7 cm³/mol. The minimum Gasteiger partial charge on any atom is -0.381 e. The van der Waals surface area contributed by atoms with Crippen molar-refractivity contribution in [3.63, 3.8) is 0 Å². The number of hydrogen-bond acceptors (Lipinski definition) is 2. The monoisotopic (exact) mass is 349 g/mol. The number of nitrogens with zero attached hydrogens (tertiary/aromatic N) is 2. The lowest BCUT2D eigenvalue weighted by Gasteiger charge is -2.05. The highest BCUT2D eigenvalue weighted by molar-refractivity contribution is 14.1. The molecule has 3 aromatic rings. The van der Waals surface area contributed by atoms with Crippen LogP contribution >= 0.6 is 22.6 Å². The van der Waals surface area contributed by atoms with Crippen LogP contribution < -0.4 is 5.32 Å². The van der Waals surface area contributed by atoms with E-state index in [0.29, 0.717) is 0 Å². The largest absolute Gasteiger partial charge is 0.381 e. The average Bonchev–Trinajstić information content (AvgIpc) is 2.82. The van der Waals surface area contributed by atoms with Crippen LogP contribution in [0.4, 0.5) is 5.69 Å². The van der Waals surface area contributed by atoms with Crippen LogP contribution in [0.2, 0.25) is 0 Å². The maximum atomic E-state index is 4.32. The van der Waals surface area contributed by atoms with Gasteiger partial charge in [-0.2, -0.15) is 5.10 Å². The Morgan fingerprint density at radius 2 is 1.94 bits per heavy atom. The third-order valence-corrected chi connectivity index (χ3v) is 3.55. The van der Waals surface area contributed by atoms with Crippen molar-refractivity contribution < 1.29 is 0 Å². The second-order valence-corrected chi connectivity index (χ2v) is 5.31. The number of anilines is 1. The summed E-state index contributed by atoms with van der Waals surface area (Å²) in [7, 11) is 0. The van der Waals surface area contributed by atoms with Gasteiger partial charge in [-0.15, -0.1) is 0 Å². The van der Waals surface area contributed by atoms with Gasteiger partial charge in [0.1, 0.15) is 0 Å². The zero-order valence-corrected chi connectivity index (χ0v) is 11.8. The van der Waals surface area contributed by atoms with Crippen LogP contribution in [0.25, 0.3) is 5.52 Å². The van der Waals surface area contributed by atoms with Gasteiger partial charge in [-0.1, -0.05) is 6.07 Å². The molecule has 18 heavy (non-hydrogen) atoms. The highest BCUT2D eigenvalue weighted by Gasteiger charge is 2.02. The molecule has 0 bridgehead atoms. The average molecular weight is 349 g/mol. The van der Waals surface area contributed by atoms with Gasteiger partial charge in [-0.25, -0.2) is 4.52 Å². The molecule has 0 saturated carbocycles. The van der Waals surface area contributed by atoms with Gasteiger partial charge in [-0.3, -0.25) is 0 Å². The molecule has 0 amide bonds. The summed E-state index contributed by atoms with van der Waals surface area (Å²) < 4.78 is 3.14. The van der Waals surface area contributed by atoms with Gasteiger partial charge in [0, 0.05) is 27.6 Å². The van der Waals surface area contributed by atoms with E-state index in [9.17, 15) is 0 Å². The second-order valence-electron chi connectivity index (χ2n) is 4.06. The SMILES string of the molecule is Ic1ccc(NCc2cnn3ccccc23)cc1. The van der Waals surface area contributed by atoms with Crippen molar-refractivity contribution >= 4 is 33.8 Å². The molecule has 1 N–H and O–H groups in total. The summed E-state index contributed by atoms with van der Waals surface area (Å²) in [6.45, 7) is 0.786. The number of halogens is 1. The molecule has 3 rings (SSSR count). The van der Waals surface area contributed by atoms with E-state index in [1.165, 1.54) is 9.13 Å². The molecule has 0 radical (unpaired) electrons. The van der Waals surface area contributed by atoms with E-state index in [1.54, 1.807) is 0 Å². The van der Waals surface area contributed by atoms with Crippen molar-refractivity contribution in [2.24, 2.45) is 0 Å². The second kappa shape index (κ2) is 4.97. The lowest BCUT2D eigenvalue weighted by Crippen LogP contribution is -1.98. The third-order valence-electron chi connectivity index (χ3n) is 2.83. The van der Waals surface area contributed by atoms with E-state index in [1.807, 2.05) is 29.0 Å². The third kappa shape index (κ3) is 2.33. The normalized spacial score (nSPS) is 10.7. The Kier molecular flexibility index (Phi) is 3.19. The maximum absolute atomic E-state index is 4.32. The number of benzene rings is 1. The zero-order chi connectivity index (χ0) is 12.4. The van der Waals surface area contributed by atoms with Crippen molar-refractivity contribution in [3.05, 3.63) is 64.0 Å². The Labute approximate surface area is 119 Å². The first kappa shape index (κ1) is 11.5. The molecule has 0 fully saturated rings. The van der Waals surface area contributed by atoms with Gasteiger partial charge in [-0.05, 0) is 59.0 Å². The summed E-state index contributed by atoms with van der Waals surface area (Å²) in [5.74, 6) is 0. The summed E-state index contributed by atoms with van der Waals surface area (Å²) >= 11 is 2.31. The van der Waals surface area contributed by atoms with E-state index in [2.05, 4.69) is 63.3 Å². The summed E-state index contributed by atoms with van der Waals surface area (Å²) in [6, 6.07) is 14.5. The highest BCUT2D eigenvalue weighted by atomic mass is 127. The number of rotatable bonds is 3. The van der Waals surface area contributed by atoms with Crippen molar-refractivity contribution in [2.75, 3.05) is 5.32 Å². The maximum Gasteiger partial charge on any atom is 0.0711 e. The fraction of sp³-hybridized carbons (Fsp3) is 0.0714. The summed E-state index contributed by atoms with van der Waals surface area (Å²) in [5.41, 5.74) is 3.48. The smallest absolute Gasteiger partial charge is 0.0711 e. The van der Waals surface area contributed by atoms with Gasteiger partial charge < -0.3 is 5.32 Å². The molecule has 2 heterocycles. The number of aromatic nitrogens is 2. The molecule has 0 aliphatic heterocycles. The van der Waals surface area contributed by atoms with E-state index in [-0.39, 0.29) is 0 Å². The first-order chi connectivity index (χ1) is 8.83. The van der Waals surface area contributed by atoms with Crippen LogP contribution in [0.15, 0.2) is 54.9 Å². The Hall–Kier alpha value is -1.56. The Morgan fingerprint density at radius 3 is 2.78 bits per heavy atom. The topological polar surface area (TPSA) is 29.3 Å². The highest BCUT2D eigenvalue weighted by Crippen LogP contribution is 2.15. The Morgan fingerprint density at radius 1 is 1.11 bits per heavy atom. The van der Waals surface area contributed by atoms with E-state index < -0.39 is 0 Å². The molecule has 0 saturated heterocycles. The van der Waals surface area contributed by atoms with Crippen molar-refractivity contribution in [1.29, 1.82) is 0 Å². The first-order valence-electron chi connectivity index (χ1n) is 5.73. The molecule has 3 nitrogen and oxygen atoms in total. The molecule has 0 aliphatic carbocycles. The van der Waals surface area contributed by atoms with Gasteiger partial charge in [0.05, 0.1) is 11.7 Å². The van der Waals surface area contributed by atoms with Crippen LogP contribution in [-0.2, 0) is 6.54 Å². The number of fused-ring (bicyclic) bond motifs is 1. The quantitative estimate of drug-likeness (QED) is 0.733. The Bertz CT molecular complexity index is 658. The van der Waals surface area contributed by atoms with Crippen LogP contribution in [0.1, 0.15) is 5.56 Å². The van der Waals surface area contributed by atoms with Gasteiger partial charge in [0.25, 0.3) is 0 Å². The van der Waals surface area contributed by atoms with Crippen LogP contribution in [0, 0.1) is 3.57 Å². The molecular weight excluding hydrogens is 337 g/mol. The molecule has 4 heteroatoms. The molecule has 0 unspecified atom stereocenters. The minimum atomic E-state index is 0.786. The zero-order valence-electron chi connectivity index (χ0n) is 9.68. The first-order valence-corrected chi connectivity index (χ1v) is 6.81. The summed E-state index contributed by atoms with van der Waals surface area (Å²) in [4.78, 5) is 0. The lowest BCUT2D eigenvalue weighted by atomic mass is 10.2. The molecule has 90 valence electrons. The fourth-order valence-corrected chi connectivity index (χ4v) is 2.25. The van der Waals surface area contributed by atoms with Crippen molar-refractivity contribution in [1.82, 2.24) is 9.61 Å². The van der Waals surface area contributed by atoms with E-state index >= 15 is 0 Å². The summed E-state index contributed by atoms with van der Waals surface area (Å²) in [5, 5.41) is 7.73. The Balaban J connectivity index is 1.79.